The Morgan fingerprint density at radius 2 is 2.00 bits per heavy atom. The lowest BCUT2D eigenvalue weighted by atomic mass is 9.91. The minimum atomic E-state index is -0.413. The lowest BCUT2D eigenvalue weighted by molar-refractivity contribution is -0.134. The molecule has 22 heavy (non-hydrogen) atoms. The van der Waals surface area contributed by atoms with Crippen molar-refractivity contribution >= 4 is 11.9 Å². The smallest absolute Gasteiger partial charge is 0.359 e. The van der Waals surface area contributed by atoms with Gasteiger partial charge in [0.15, 0.2) is 5.69 Å². The maximum absolute atomic E-state index is 12.4. The average molecular weight is 307 g/mol. The van der Waals surface area contributed by atoms with E-state index in [0.29, 0.717) is 38.2 Å². The van der Waals surface area contributed by atoms with E-state index < -0.39 is 5.97 Å². The minimum Gasteiger partial charge on any atom is -0.461 e. The highest BCUT2D eigenvalue weighted by atomic mass is 16.5. The summed E-state index contributed by atoms with van der Waals surface area (Å²) in [5, 5.41) is 4.28. The third-order valence-electron chi connectivity index (χ3n) is 3.75. The van der Waals surface area contributed by atoms with Crippen LogP contribution in [0, 0.1) is 5.41 Å². The maximum atomic E-state index is 12.4. The molecule has 0 saturated carbocycles. The number of esters is 1. The highest BCUT2D eigenvalue weighted by molar-refractivity contribution is 5.89. The molecule has 122 valence electrons. The molecular weight excluding hydrogens is 282 g/mol. The van der Waals surface area contributed by atoms with Crippen LogP contribution in [0.4, 0.5) is 0 Å². The van der Waals surface area contributed by atoms with Gasteiger partial charge in [-0.1, -0.05) is 20.8 Å². The molecule has 0 aromatic carbocycles. The van der Waals surface area contributed by atoms with Gasteiger partial charge < -0.3 is 9.64 Å². The second kappa shape index (κ2) is 6.10. The van der Waals surface area contributed by atoms with E-state index in [4.69, 9.17) is 4.74 Å². The fraction of sp³-hybridized carbons (Fsp3) is 0.688. The Hall–Kier alpha value is -1.85. The normalized spacial score (nSPS) is 14.7. The van der Waals surface area contributed by atoms with Crippen LogP contribution in [0.15, 0.2) is 0 Å². The van der Waals surface area contributed by atoms with Gasteiger partial charge >= 0.3 is 5.97 Å². The Morgan fingerprint density at radius 3 is 2.59 bits per heavy atom. The number of hydrogen-bond acceptors (Lipinski definition) is 4. The van der Waals surface area contributed by atoms with Crippen LogP contribution in [0.25, 0.3) is 0 Å². The standard InChI is InChI=1S/C16H25N3O3/c1-6-22-15(21)14-11-10-19(13(20)9-16(2,3)4)8-7-12(11)18(5)17-14/h6-10H2,1-5H3. The molecule has 0 N–H and O–H groups in total. The molecular formula is C16H25N3O3. The molecule has 0 radical (unpaired) electrons. The largest absolute Gasteiger partial charge is 0.461 e. The van der Waals surface area contributed by atoms with Crippen LogP contribution >= 0.6 is 0 Å². The van der Waals surface area contributed by atoms with Gasteiger partial charge in [-0.25, -0.2) is 4.79 Å². The van der Waals surface area contributed by atoms with E-state index in [-0.39, 0.29) is 11.3 Å². The first-order chi connectivity index (χ1) is 10.2. The van der Waals surface area contributed by atoms with Crippen LogP contribution in [0.3, 0.4) is 0 Å². The van der Waals surface area contributed by atoms with Crippen LogP contribution < -0.4 is 0 Å². The summed E-state index contributed by atoms with van der Waals surface area (Å²) in [6.45, 7) is 9.34. The Bertz CT molecular complexity index is 584. The minimum absolute atomic E-state index is 0.0454. The fourth-order valence-electron chi connectivity index (χ4n) is 2.73. The number of rotatable bonds is 3. The summed E-state index contributed by atoms with van der Waals surface area (Å²) in [4.78, 5) is 26.3. The first-order valence-electron chi connectivity index (χ1n) is 7.72. The number of carbonyl (C=O) groups is 2. The summed E-state index contributed by atoms with van der Waals surface area (Å²) in [7, 11) is 1.83. The molecule has 0 bridgehead atoms. The zero-order valence-electron chi connectivity index (χ0n) is 14.1. The molecule has 1 aromatic heterocycles. The van der Waals surface area contributed by atoms with Crippen molar-refractivity contribution in [1.82, 2.24) is 14.7 Å². The maximum Gasteiger partial charge on any atom is 0.359 e. The van der Waals surface area contributed by atoms with Crippen molar-refractivity contribution in [3.05, 3.63) is 17.0 Å². The summed E-state index contributed by atoms with van der Waals surface area (Å²) in [6.07, 6.45) is 1.21. The lowest BCUT2D eigenvalue weighted by Gasteiger charge is -2.30. The van der Waals surface area contributed by atoms with Crippen LogP contribution in [0.5, 0.6) is 0 Å². The summed E-state index contributed by atoms with van der Waals surface area (Å²) in [5.74, 6) is -0.290. The molecule has 0 aliphatic carbocycles. The summed E-state index contributed by atoms with van der Waals surface area (Å²) < 4.78 is 6.79. The number of ether oxygens (including phenoxy) is 1. The SMILES string of the molecule is CCOC(=O)c1nn(C)c2c1CN(C(=O)CC(C)(C)C)CC2. The quantitative estimate of drug-likeness (QED) is 0.800. The molecule has 1 amide bonds. The zero-order chi connectivity index (χ0) is 16.5. The van der Waals surface area contributed by atoms with Crippen molar-refractivity contribution in [1.29, 1.82) is 0 Å². The van der Waals surface area contributed by atoms with Gasteiger partial charge in [-0.2, -0.15) is 5.10 Å². The fourth-order valence-corrected chi connectivity index (χ4v) is 2.73. The van der Waals surface area contributed by atoms with E-state index in [1.54, 1.807) is 11.6 Å². The van der Waals surface area contributed by atoms with Gasteiger partial charge in [0.05, 0.1) is 6.61 Å². The number of fused-ring (bicyclic) bond motifs is 1. The molecule has 6 nitrogen and oxygen atoms in total. The second-order valence-corrected chi connectivity index (χ2v) is 6.92. The number of aryl methyl sites for hydroxylation is 1. The van der Waals surface area contributed by atoms with Crippen LogP contribution in [-0.2, 0) is 29.5 Å². The third kappa shape index (κ3) is 3.48. The highest BCUT2D eigenvalue weighted by Crippen LogP contribution is 2.26. The number of carbonyl (C=O) groups excluding carboxylic acids is 2. The Morgan fingerprint density at radius 1 is 1.32 bits per heavy atom. The Labute approximate surface area is 131 Å². The van der Waals surface area contributed by atoms with Gasteiger partial charge in [0.1, 0.15) is 0 Å². The van der Waals surface area contributed by atoms with Gasteiger partial charge in [-0.05, 0) is 12.3 Å². The van der Waals surface area contributed by atoms with Gasteiger partial charge in [0.2, 0.25) is 5.91 Å². The topological polar surface area (TPSA) is 64.4 Å². The number of aromatic nitrogens is 2. The third-order valence-corrected chi connectivity index (χ3v) is 3.75. The summed E-state index contributed by atoms with van der Waals surface area (Å²) in [6, 6.07) is 0. The molecule has 6 heteroatoms. The van der Waals surface area contributed by atoms with E-state index >= 15 is 0 Å². The van der Waals surface area contributed by atoms with Crippen molar-refractivity contribution in [2.75, 3.05) is 13.2 Å². The predicted octanol–water partition coefficient (Wildman–Crippen LogP) is 1.92. The number of amides is 1. The Balaban J connectivity index is 2.22. The van der Waals surface area contributed by atoms with Crippen molar-refractivity contribution in [2.24, 2.45) is 12.5 Å². The summed E-state index contributed by atoms with van der Waals surface area (Å²) >= 11 is 0. The van der Waals surface area contributed by atoms with E-state index in [1.165, 1.54) is 0 Å². The number of hydrogen-bond donors (Lipinski definition) is 0. The molecule has 0 atom stereocenters. The highest BCUT2D eigenvalue weighted by Gasteiger charge is 2.31. The number of nitrogens with zero attached hydrogens (tertiary/aromatic N) is 3. The van der Waals surface area contributed by atoms with Gasteiger partial charge in [-0.3, -0.25) is 9.48 Å². The molecule has 2 rings (SSSR count). The molecule has 0 saturated heterocycles. The van der Waals surface area contributed by atoms with Crippen molar-refractivity contribution < 1.29 is 14.3 Å². The van der Waals surface area contributed by atoms with E-state index in [1.807, 2.05) is 32.7 Å². The predicted molar refractivity (Wildman–Crippen MR) is 82.4 cm³/mol. The molecule has 2 heterocycles. The molecule has 0 unspecified atom stereocenters. The van der Waals surface area contributed by atoms with Crippen LogP contribution in [-0.4, -0.2) is 39.7 Å². The molecule has 1 aromatic rings. The first kappa shape index (κ1) is 16.5. The van der Waals surface area contributed by atoms with Gasteiger partial charge in [0.25, 0.3) is 0 Å². The van der Waals surface area contributed by atoms with Crippen LogP contribution in [0.2, 0.25) is 0 Å². The van der Waals surface area contributed by atoms with E-state index in [9.17, 15) is 9.59 Å². The van der Waals surface area contributed by atoms with E-state index in [0.717, 1.165) is 11.3 Å². The van der Waals surface area contributed by atoms with Crippen molar-refractivity contribution in [2.45, 2.75) is 47.1 Å². The van der Waals surface area contributed by atoms with Gasteiger partial charge in [-0.15, -0.1) is 0 Å². The molecule has 0 spiro atoms. The van der Waals surface area contributed by atoms with Crippen molar-refractivity contribution in [3.8, 4) is 0 Å². The molecule has 0 fully saturated rings. The lowest BCUT2D eigenvalue weighted by Crippen LogP contribution is -2.38. The second-order valence-electron chi connectivity index (χ2n) is 6.92. The molecule has 1 aliphatic rings. The van der Waals surface area contributed by atoms with Crippen LogP contribution in [0.1, 0.15) is 55.9 Å². The Kier molecular flexibility index (Phi) is 4.58. The summed E-state index contributed by atoms with van der Waals surface area (Å²) in [5.41, 5.74) is 2.14. The van der Waals surface area contributed by atoms with Crippen molar-refractivity contribution in [3.63, 3.8) is 0 Å². The zero-order valence-corrected chi connectivity index (χ0v) is 14.1. The molecule has 1 aliphatic heterocycles. The monoisotopic (exact) mass is 307 g/mol. The van der Waals surface area contributed by atoms with E-state index in [2.05, 4.69) is 5.10 Å². The average Bonchev–Trinajstić information content (AvgIpc) is 2.74. The van der Waals surface area contributed by atoms with Gasteiger partial charge in [0, 0.05) is 44.2 Å². The first-order valence-corrected chi connectivity index (χ1v) is 7.72.